The highest BCUT2D eigenvalue weighted by Gasteiger charge is 2.28. The van der Waals surface area contributed by atoms with Gasteiger partial charge in [0.2, 0.25) is 0 Å². The molecule has 6 heteroatoms. The average molecular weight is 302 g/mol. The van der Waals surface area contributed by atoms with Gasteiger partial charge in [-0.05, 0) is 35.8 Å². The van der Waals surface area contributed by atoms with Gasteiger partial charge in [-0.15, -0.1) is 0 Å². The molecule has 1 rings (SSSR count). The number of hydrogen-bond donors (Lipinski definition) is 1. The zero-order valence-electron chi connectivity index (χ0n) is 11.7. The molecule has 0 heterocycles. The Morgan fingerprint density at radius 2 is 1.53 bits per heavy atom. The fourth-order valence-corrected chi connectivity index (χ4v) is 5.12. The van der Waals surface area contributed by atoms with Crippen molar-refractivity contribution in [2.75, 3.05) is 0 Å². The second-order valence-electron chi connectivity index (χ2n) is 4.65. The molecule has 1 aromatic carbocycles. The molecule has 0 amide bonds. The number of benzene rings is 1. The van der Waals surface area contributed by atoms with Gasteiger partial charge in [0.1, 0.15) is 0 Å². The molecular weight excluding hydrogens is 280 g/mol. The Labute approximate surface area is 116 Å². The van der Waals surface area contributed by atoms with Crippen LogP contribution >= 0.6 is 0 Å². The summed E-state index contributed by atoms with van der Waals surface area (Å²) in [5.74, 6) is 0. The van der Waals surface area contributed by atoms with Crippen LogP contribution in [0.4, 0.5) is 0 Å². The molecule has 0 saturated carbocycles. The van der Waals surface area contributed by atoms with Crippen molar-refractivity contribution in [2.24, 2.45) is 0 Å². The monoisotopic (exact) mass is 302 g/mol. The van der Waals surface area contributed by atoms with Crippen LogP contribution in [0.1, 0.15) is 26.3 Å². The quantitative estimate of drug-likeness (QED) is 0.619. The highest BCUT2D eigenvalue weighted by molar-refractivity contribution is 7.85. The van der Waals surface area contributed by atoms with Crippen molar-refractivity contribution in [1.29, 1.82) is 0 Å². The first kappa shape index (κ1) is 16.4. The van der Waals surface area contributed by atoms with E-state index in [-0.39, 0.29) is 4.90 Å². The summed E-state index contributed by atoms with van der Waals surface area (Å²) >= 11 is 0. The second-order valence-corrected chi connectivity index (χ2v) is 10.8. The standard InChI is InChI=1S/C13H22O4SSi/c1-4-19(5-2,6-3)17-11-12-7-9-13(10-8-12)18(14,15)16/h7-10H,4-6,11H2,1-3H3,(H,14,15,16). The maximum absolute atomic E-state index is 10.9. The van der Waals surface area contributed by atoms with Crippen molar-refractivity contribution in [3.05, 3.63) is 29.8 Å². The topological polar surface area (TPSA) is 63.6 Å². The van der Waals surface area contributed by atoms with Crippen LogP contribution in [0.25, 0.3) is 0 Å². The molecule has 0 saturated heterocycles. The van der Waals surface area contributed by atoms with Crippen LogP contribution in [0.2, 0.25) is 18.1 Å². The third kappa shape index (κ3) is 4.41. The summed E-state index contributed by atoms with van der Waals surface area (Å²) in [5, 5.41) is 0. The molecule has 0 fully saturated rings. The number of hydrogen-bond acceptors (Lipinski definition) is 3. The van der Waals surface area contributed by atoms with Crippen LogP contribution in [-0.4, -0.2) is 21.3 Å². The van der Waals surface area contributed by atoms with Crippen molar-refractivity contribution in [3.8, 4) is 0 Å². The summed E-state index contributed by atoms with van der Waals surface area (Å²) in [6.45, 7) is 7.01. The van der Waals surface area contributed by atoms with Crippen LogP contribution in [-0.2, 0) is 21.2 Å². The first-order valence-electron chi connectivity index (χ1n) is 6.57. The smallest absolute Gasteiger partial charge is 0.294 e. The number of rotatable bonds is 7. The van der Waals surface area contributed by atoms with Crippen LogP contribution in [0.3, 0.4) is 0 Å². The molecule has 0 aliphatic rings. The van der Waals surface area contributed by atoms with Gasteiger partial charge in [0.15, 0.2) is 8.32 Å². The van der Waals surface area contributed by atoms with E-state index in [1.165, 1.54) is 12.1 Å². The molecule has 0 aliphatic heterocycles. The molecule has 0 atom stereocenters. The van der Waals surface area contributed by atoms with E-state index in [0.29, 0.717) is 6.61 Å². The minimum atomic E-state index is -4.11. The van der Waals surface area contributed by atoms with Gasteiger partial charge in [0.05, 0.1) is 11.5 Å². The highest BCUT2D eigenvalue weighted by Crippen LogP contribution is 2.23. The zero-order valence-corrected chi connectivity index (χ0v) is 13.5. The Kier molecular flexibility index (Phi) is 5.73. The molecule has 0 bridgehead atoms. The summed E-state index contributed by atoms with van der Waals surface area (Å²) in [6, 6.07) is 9.43. The summed E-state index contributed by atoms with van der Waals surface area (Å²) < 4.78 is 36.9. The van der Waals surface area contributed by atoms with E-state index in [1.807, 2.05) is 0 Å². The molecule has 19 heavy (non-hydrogen) atoms. The lowest BCUT2D eigenvalue weighted by molar-refractivity contribution is 0.287. The van der Waals surface area contributed by atoms with Crippen molar-refractivity contribution in [3.63, 3.8) is 0 Å². The van der Waals surface area contributed by atoms with Gasteiger partial charge >= 0.3 is 0 Å². The van der Waals surface area contributed by atoms with Gasteiger partial charge in [-0.2, -0.15) is 8.42 Å². The first-order valence-corrected chi connectivity index (χ1v) is 10.5. The van der Waals surface area contributed by atoms with E-state index in [2.05, 4.69) is 20.8 Å². The van der Waals surface area contributed by atoms with Gasteiger partial charge in [0, 0.05) is 0 Å². The Morgan fingerprint density at radius 3 is 1.89 bits per heavy atom. The van der Waals surface area contributed by atoms with Gasteiger partial charge in [-0.25, -0.2) is 0 Å². The largest absolute Gasteiger partial charge is 0.413 e. The lowest BCUT2D eigenvalue weighted by Gasteiger charge is -2.28. The summed E-state index contributed by atoms with van der Waals surface area (Å²) in [6.07, 6.45) is 0. The second kappa shape index (κ2) is 6.65. The molecule has 0 aromatic heterocycles. The van der Waals surface area contributed by atoms with Crippen LogP contribution < -0.4 is 0 Å². The van der Waals surface area contributed by atoms with Crippen molar-refractivity contribution >= 4 is 18.4 Å². The first-order chi connectivity index (χ1) is 8.87. The van der Waals surface area contributed by atoms with E-state index >= 15 is 0 Å². The molecule has 1 aromatic rings. The highest BCUT2D eigenvalue weighted by atomic mass is 32.2. The van der Waals surface area contributed by atoms with E-state index in [1.54, 1.807) is 12.1 Å². The van der Waals surface area contributed by atoms with E-state index in [0.717, 1.165) is 23.7 Å². The lowest BCUT2D eigenvalue weighted by Crippen LogP contribution is -2.35. The van der Waals surface area contributed by atoms with Crippen molar-refractivity contribution in [1.82, 2.24) is 0 Å². The minimum Gasteiger partial charge on any atom is -0.413 e. The molecule has 108 valence electrons. The Bertz CT molecular complexity index is 484. The fraction of sp³-hybridized carbons (Fsp3) is 0.538. The third-order valence-electron chi connectivity index (χ3n) is 3.70. The Balaban J connectivity index is 2.74. The van der Waals surface area contributed by atoms with Gasteiger partial charge in [0.25, 0.3) is 10.1 Å². The minimum absolute atomic E-state index is 0.0822. The summed E-state index contributed by atoms with van der Waals surface area (Å²) in [4.78, 5) is -0.0822. The third-order valence-corrected chi connectivity index (χ3v) is 9.19. The molecule has 0 aliphatic carbocycles. The van der Waals surface area contributed by atoms with Crippen molar-refractivity contribution < 1.29 is 17.4 Å². The van der Waals surface area contributed by atoms with Crippen LogP contribution in [0, 0.1) is 0 Å². The molecular formula is C13H22O4SSi. The van der Waals surface area contributed by atoms with Crippen molar-refractivity contribution in [2.45, 2.75) is 50.4 Å². The zero-order chi connectivity index (χ0) is 14.5. The van der Waals surface area contributed by atoms with Gasteiger partial charge in [-0.3, -0.25) is 4.55 Å². The van der Waals surface area contributed by atoms with Crippen LogP contribution in [0.5, 0.6) is 0 Å². The maximum atomic E-state index is 10.9. The van der Waals surface area contributed by atoms with Gasteiger partial charge in [-0.1, -0.05) is 32.9 Å². The molecule has 1 N–H and O–H groups in total. The van der Waals surface area contributed by atoms with Gasteiger partial charge < -0.3 is 4.43 Å². The lowest BCUT2D eigenvalue weighted by atomic mass is 10.2. The maximum Gasteiger partial charge on any atom is 0.294 e. The molecule has 0 spiro atoms. The molecule has 4 nitrogen and oxygen atoms in total. The molecule has 0 unspecified atom stereocenters. The Morgan fingerprint density at radius 1 is 1.05 bits per heavy atom. The van der Waals surface area contributed by atoms with Crippen LogP contribution in [0.15, 0.2) is 29.2 Å². The molecule has 0 radical (unpaired) electrons. The van der Waals surface area contributed by atoms with E-state index < -0.39 is 18.4 Å². The summed E-state index contributed by atoms with van der Waals surface area (Å²) in [7, 11) is -5.73. The average Bonchev–Trinajstić information content (AvgIpc) is 2.40. The Hall–Kier alpha value is -0.693. The fourth-order valence-electron chi connectivity index (χ4n) is 2.05. The SMILES string of the molecule is CC[Si](CC)(CC)OCc1ccc(S(=O)(=O)O)cc1. The van der Waals surface area contributed by atoms with E-state index in [9.17, 15) is 8.42 Å². The predicted octanol–water partition coefficient (Wildman–Crippen LogP) is 3.46. The summed E-state index contributed by atoms with van der Waals surface area (Å²) in [5.41, 5.74) is 0.930. The normalized spacial score (nSPS) is 12.6. The predicted molar refractivity (Wildman–Crippen MR) is 78.2 cm³/mol. The van der Waals surface area contributed by atoms with E-state index in [4.69, 9.17) is 8.98 Å².